The Kier molecular flexibility index (Phi) is 2.35. The molecule has 1 rings (SSSR count). The second kappa shape index (κ2) is 3.09. The molecule has 0 bridgehead atoms. The van der Waals surface area contributed by atoms with Crippen LogP contribution in [-0.4, -0.2) is 18.2 Å². The van der Waals surface area contributed by atoms with E-state index in [2.05, 4.69) is 48.3 Å². The fourth-order valence-electron chi connectivity index (χ4n) is 1.26. The van der Waals surface area contributed by atoms with E-state index in [0.29, 0.717) is 0 Å². The maximum Gasteiger partial charge on any atom is 0.0507 e. The fourth-order valence-corrected chi connectivity index (χ4v) is 1.26. The number of nitrogens with zero attached hydrogens (tertiary/aromatic N) is 1. The van der Waals surface area contributed by atoms with Gasteiger partial charge >= 0.3 is 0 Å². The summed E-state index contributed by atoms with van der Waals surface area (Å²) in [7, 11) is 1.98. The molecule has 0 atom stereocenters. The second-order valence-corrected chi connectivity index (χ2v) is 3.43. The topological polar surface area (TPSA) is 17.0 Å². The van der Waals surface area contributed by atoms with Crippen LogP contribution in [0.2, 0.25) is 0 Å². The van der Waals surface area contributed by atoms with Gasteiger partial charge in [0.2, 0.25) is 0 Å². The van der Waals surface area contributed by atoms with Crippen molar-refractivity contribution in [2.75, 3.05) is 13.6 Å². The predicted molar refractivity (Wildman–Crippen MR) is 47.7 cm³/mol. The molecule has 62 valence electrons. The van der Waals surface area contributed by atoms with Gasteiger partial charge in [-0.2, -0.15) is 0 Å². The first-order valence-corrected chi connectivity index (χ1v) is 3.95. The molecular weight excluding hydrogens is 136 g/mol. The van der Waals surface area contributed by atoms with Crippen molar-refractivity contribution in [2.24, 2.45) is 0 Å². The molecule has 2 heteroatoms. The van der Waals surface area contributed by atoms with Crippen molar-refractivity contribution in [1.29, 1.82) is 0 Å². The zero-order chi connectivity index (χ0) is 8.32. The van der Waals surface area contributed by atoms with E-state index in [1.807, 2.05) is 7.05 Å². The minimum Gasteiger partial charge on any atom is -0.348 e. The summed E-state index contributed by atoms with van der Waals surface area (Å²) in [4.78, 5) is 0. The van der Waals surface area contributed by atoms with Gasteiger partial charge in [-0.3, -0.25) is 0 Å². The van der Waals surface area contributed by atoms with Gasteiger partial charge in [-0.15, -0.1) is 0 Å². The summed E-state index contributed by atoms with van der Waals surface area (Å²) in [6.07, 6.45) is 4.19. The van der Waals surface area contributed by atoms with Gasteiger partial charge in [-0.1, -0.05) is 0 Å². The van der Waals surface area contributed by atoms with Gasteiger partial charge in [-0.25, -0.2) is 0 Å². The quantitative estimate of drug-likeness (QED) is 0.693. The Labute approximate surface area is 68.2 Å². The lowest BCUT2D eigenvalue weighted by Gasteiger charge is -2.26. The lowest BCUT2D eigenvalue weighted by Crippen LogP contribution is -2.35. The maximum absolute atomic E-state index is 3.18. The molecule has 0 aliphatic heterocycles. The summed E-state index contributed by atoms with van der Waals surface area (Å²) in [5, 5.41) is 3.18. The number of nitrogens with one attached hydrogen (secondary N) is 1. The normalized spacial score (nSPS) is 11.9. The van der Waals surface area contributed by atoms with Crippen molar-refractivity contribution in [1.82, 2.24) is 9.88 Å². The van der Waals surface area contributed by atoms with E-state index >= 15 is 0 Å². The van der Waals surface area contributed by atoms with Crippen LogP contribution in [0.4, 0.5) is 0 Å². The molecule has 1 aromatic heterocycles. The van der Waals surface area contributed by atoms with Crippen LogP contribution >= 0.6 is 0 Å². The largest absolute Gasteiger partial charge is 0.348 e. The highest BCUT2D eigenvalue weighted by molar-refractivity contribution is 4.96. The molecule has 0 saturated carbocycles. The molecule has 1 aromatic rings. The lowest BCUT2D eigenvalue weighted by molar-refractivity contribution is 0.344. The van der Waals surface area contributed by atoms with Crippen LogP contribution in [0.5, 0.6) is 0 Å². The zero-order valence-corrected chi connectivity index (χ0v) is 7.46. The first-order chi connectivity index (χ1) is 5.17. The minimum absolute atomic E-state index is 0.179. The Balaban J connectivity index is 2.73. The number of likely N-dealkylation sites (N-methyl/N-ethyl adjacent to an activating group) is 1. The molecule has 0 aromatic carbocycles. The summed E-state index contributed by atoms with van der Waals surface area (Å²) < 4.78 is 2.21. The van der Waals surface area contributed by atoms with Crippen LogP contribution in [-0.2, 0) is 5.54 Å². The van der Waals surface area contributed by atoms with Gasteiger partial charge in [0.1, 0.15) is 0 Å². The summed E-state index contributed by atoms with van der Waals surface area (Å²) in [6.45, 7) is 5.41. The minimum atomic E-state index is 0.179. The smallest absolute Gasteiger partial charge is 0.0507 e. The third-order valence-electron chi connectivity index (χ3n) is 1.91. The number of hydrogen-bond donors (Lipinski definition) is 1. The third-order valence-corrected chi connectivity index (χ3v) is 1.91. The summed E-state index contributed by atoms with van der Waals surface area (Å²) in [6, 6.07) is 4.11. The Bertz CT molecular complexity index is 199. The molecule has 2 nitrogen and oxygen atoms in total. The maximum atomic E-state index is 3.18. The highest BCUT2D eigenvalue weighted by Gasteiger charge is 2.16. The van der Waals surface area contributed by atoms with Gasteiger partial charge in [0.25, 0.3) is 0 Å². The van der Waals surface area contributed by atoms with Crippen LogP contribution in [0, 0.1) is 0 Å². The monoisotopic (exact) mass is 152 g/mol. The Morgan fingerprint density at radius 2 is 1.82 bits per heavy atom. The van der Waals surface area contributed by atoms with E-state index in [1.54, 1.807) is 0 Å². The van der Waals surface area contributed by atoms with Crippen molar-refractivity contribution in [3.05, 3.63) is 24.5 Å². The van der Waals surface area contributed by atoms with Crippen LogP contribution in [0.25, 0.3) is 0 Å². The Morgan fingerprint density at radius 1 is 1.27 bits per heavy atom. The Hall–Kier alpha value is -0.760. The molecule has 0 radical (unpaired) electrons. The van der Waals surface area contributed by atoms with E-state index in [4.69, 9.17) is 0 Å². The molecule has 1 N–H and O–H groups in total. The molecule has 1 heterocycles. The van der Waals surface area contributed by atoms with E-state index in [1.165, 1.54) is 0 Å². The standard InChI is InChI=1S/C9H16N2/c1-9(2,8-10-3)11-6-4-5-7-11/h4-7,10H,8H2,1-3H3. The van der Waals surface area contributed by atoms with Gasteiger partial charge in [0, 0.05) is 18.9 Å². The molecule has 0 aliphatic carbocycles. The van der Waals surface area contributed by atoms with Gasteiger partial charge in [-0.05, 0) is 33.0 Å². The van der Waals surface area contributed by atoms with Crippen LogP contribution in [0.15, 0.2) is 24.5 Å². The fraction of sp³-hybridized carbons (Fsp3) is 0.556. The third kappa shape index (κ3) is 1.84. The van der Waals surface area contributed by atoms with Gasteiger partial charge in [0.05, 0.1) is 5.54 Å². The van der Waals surface area contributed by atoms with Crippen LogP contribution in [0.3, 0.4) is 0 Å². The van der Waals surface area contributed by atoms with Crippen LogP contribution < -0.4 is 5.32 Å². The van der Waals surface area contributed by atoms with E-state index in [0.717, 1.165) is 6.54 Å². The highest BCUT2D eigenvalue weighted by atomic mass is 15.1. The molecule has 0 saturated heterocycles. The highest BCUT2D eigenvalue weighted by Crippen LogP contribution is 2.12. The average Bonchev–Trinajstić information content (AvgIpc) is 2.37. The SMILES string of the molecule is CNCC(C)(C)n1cccc1. The van der Waals surface area contributed by atoms with E-state index < -0.39 is 0 Å². The molecule has 0 spiro atoms. The van der Waals surface area contributed by atoms with Crippen molar-refractivity contribution >= 4 is 0 Å². The second-order valence-electron chi connectivity index (χ2n) is 3.43. The van der Waals surface area contributed by atoms with Crippen molar-refractivity contribution in [3.63, 3.8) is 0 Å². The first kappa shape index (κ1) is 8.34. The van der Waals surface area contributed by atoms with Crippen molar-refractivity contribution < 1.29 is 0 Å². The Morgan fingerprint density at radius 3 is 2.27 bits per heavy atom. The predicted octanol–water partition coefficient (Wildman–Crippen LogP) is 1.44. The molecular formula is C9H16N2. The zero-order valence-electron chi connectivity index (χ0n) is 7.46. The van der Waals surface area contributed by atoms with Gasteiger partial charge < -0.3 is 9.88 Å². The van der Waals surface area contributed by atoms with Crippen molar-refractivity contribution in [3.8, 4) is 0 Å². The molecule has 0 amide bonds. The first-order valence-electron chi connectivity index (χ1n) is 3.95. The molecule has 0 unspecified atom stereocenters. The van der Waals surface area contributed by atoms with E-state index in [9.17, 15) is 0 Å². The lowest BCUT2D eigenvalue weighted by atomic mass is 10.1. The number of rotatable bonds is 3. The van der Waals surface area contributed by atoms with Crippen LogP contribution in [0.1, 0.15) is 13.8 Å². The molecule has 0 fully saturated rings. The molecule has 11 heavy (non-hydrogen) atoms. The van der Waals surface area contributed by atoms with E-state index in [-0.39, 0.29) is 5.54 Å². The van der Waals surface area contributed by atoms with Crippen molar-refractivity contribution in [2.45, 2.75) is 19.4 Å². The summed E-state index contributed by atoms with van der Waals surface area (Å²) in [5.74, 6) is 0. The number of aromatic nitrogens is 1. The average molecular weight is 152 g/mol. The summed E-state index contributed by atoms with van der Waals surface area (Å²) in [5.41, 5.74) is 0.179. The van der Waals surface area contributed by atoms with Gasteiger partial charge in [0.15, 0.2) is 0 Å². The number of hydrogen-bond acceptors (Lipinski definition) is 1. The summed E-state index contributed by atoms with van der Waals surface area (Å²) >= 11 is 0. The molecule has 0 aliphatic rings.